The van der Waals surface area contributed by atoms with E-state index in [1.54, 1.807) is 12.2 Å². The van der Waals surface area contributed by atoms with Gasteiger partial charge in [0.1, 0.15) is 0 Å². The molecule has 176 valence electrons. The number of nitrogens with two attached hydrogens (primary N) is 3. The second-order valence-electron chi connectivity index (χ2n) is 7.70. The monoisotopic (exact) mass is 433 g/mol. The van der Waals surface area contributed by atoms with Gasteiger partial charge in [0, 0.05) is 12.6 Å². The fourth-order valence-electron chi connectivity index (χ4n) is 2.93. The molecule has 0 saturated heterocycles. The number of carbonyl (C=O) groups excluding carboxylic acids is 2. The molecule has 7 heteroatoms. The van der Waals surface area contributed by atoms with E-state index in [9.17, 15) is 9.59 Å². The molecular formula is C24H43N5O2. The Labute approximate surface area is 188 Å². The maximum absolute atomic E-state index is 11.8. The van der Waals surface area contributed by atoms with Crippen molar-refractivity contribution >= 4 is 17.8 Å². The van der Waals surface area contributed by atoms with E-state index in [0.717, 1.165) is 6.42 Å². The number of unbranched alkanes of at least 4 members (excludes halogenated alkanes) is 9. The molecule has 7 N–H and O–H groups in total. The minimum Gasteiger partial charge on any atom is -0.370 e. The zero-order chi connectivity index (χ0) is 23.2. The highest BCUT2D eigenvalue weighted by molar-refractivity contribution is 6.02. The Morgan fingerprint density at radius 2 is 1.48 bits per heavy atom. The van der Waals surface area contributed by atoms with E-state index < -0.39 is 17.9 Å². The number of guanidine groups is 1. The van der Waals surface area contributed by atoms with Crippen LogP contribution in [0.5, 0.6) is 0 Å². The largest absolute Gasteiger partial charge is 0.370 e. The number of carbonyl (C=O) groups is 2. The van der Waals surface area contributed by atoms with Crippen LogP contribution in [0.4, 0.5) is 0 Å². The standard InChI is InChI=1S/C24H43N5O2/c1-2-3-4-5-6-7-8-9-10-11-12-13-14-15-16-19-22(30)29-23(31)21(25)18-17-20-28-24(26)27/h12-16,19,21H,2-11,17-18,20,25H2,1H3,(H4,26,27,28)(H,29,30,31)/t21-/m0/s1. The fraction of sp³-hybridized carbons (Fsp3) is 0.625. The molecule has 0 aliphatic carbocycles. The summed E-state index contributed by atoms with van der Waals surface area (Å²) in [6, 6.07) is -0.772. The second kappa shape index (κ2) is 20.8. The first-order valence-corrected chi connectivity index (χ1v) is 11.6. The molecule has 0 spiro atoms. The zero-order valence-electron chi connectivity index (χ0n) is 19.2. The Bertz CT molecular complexity index is 593. The molecule has 0 rings (SSSR count). The van der Waals surface area contributed by atoms with Crippen molar-refractivity contribution in [1.29, 1.82) is 0 Å². The average molecular weight is 434 g/mol. The van der Waals surface area contributed by atoms with Crippen LogP contribution in [0.1, 0.15) is 84.0 Å². The lowest BCUT2D eigenvalue weighted by Crippen LogP contribution is -2.42. The van der Waals surface area contributed by atoms with Gasteiger partial charge in [-0.25, -0.2) is 0 Å². The summed E-state index contributed by atoms with van der Waals surface area (Å²) in [5.74, 6) is -0.998. The van der Waals surface area contributed by atoms with Gasteiger partial charge in [-0.2, -0.15) is 0 Å². The van der Waals surface area contributed by atoms with Crippen LogP contribution >= 0.6 is 0 Å². The molecule has 0 saturated carbocycles. The van der Waals surface area contributed by atoms with Crippen LogP contribution in [0.2, 0.25) is 0 Å². The van der Waals surface area contributed by atoms with Crippen LogP contribution in [-0.2, 0) is 9.59 Å². The van der Waals surface area contributed by atoms with Crippen molar-refractivity contribution in [1.82, 2.24) is 5.32 Å². The van der Waals surface area contributed by atoms with Gasteiger partial charge in [-0.05, 0) is 25.7 Å². The SMILES string of the molecule is CCCCCCCCCCCC=CC=CC=CC(=O)NC(=O)[C@@H](N)CCCN=C(N)N. The number of allylic oxidation sites excluding steroid dienone is 5. The summed E-state index contributed by atoms with van der Waals surface area (Å²) in [6.45, 7) is 2.65. The molecule has 0 aromatic carbocycles. The number of imide groups is 1. The highest BCUT2D eigenvalue weighted by Gasteiger charge is 2.14. The molecule has 0 aromatic rings. The van der Waals surface area contributed by atoms with Gasteiger partial charge in [-0.1, -0.05) is 88.7 Å². The highest BCUT2D eigenvalue weighted by atomic mass is 16.2. The smallest absolute Gasteiger partial charge is 0.250 e. The van der Waals surface area contributed by atoms with Crippen LogP contribution < -0.4 is 22.5 Å². The van der Waals surface area contributed by atoms with Gasteiger partial charge in [0.2, 0.25) is 5.91 Å². The van der Waals surface area contributed by atoms with Gasteiger partial charge in [0.15, 0.2) is 5.96 Å². The number of nitrogens with one attached hydrogen (secondary N) is 1. The van der Waals surface area contributed by atoms with Crippen LogP contribution in [0.15, 0.2) is 41.4 Å². The lowest BCUT2D eigenvalue weighted by atomic mass is 10.1. The second-order valence-corrected chi connectivity index (χ2v) is 7.70. The predicted molar refractivity (Wildman–Crippen MR) is 130 cm³/mol. The minimum atomic E-state index is -0.772. The van der Waals surface area contributed by atoms with Crippen molar-refractivity contribution in [3.8, 4) is 0 Å². The van der Waals surface area contributed by atoms with E-state index >= 15 is 0 Å². The normalized spacial score (nSPS) is 12.6. The van der Waals surface area contributed by atoms with E-state index in [1.165, 1.54) is 63.9 Å². The van der Waals surface area contributed by atoms with Crippen LogP contribution in [-0.4, -0.2) is 30.4 Å². The third-order valence-corrected chi connectivity index (χ3v) is 4.74. The Hall–Kier alpha value is -2.41. The highest BCUT2D eigenvalue weighted by Crippen LogP contribution is 2.10. The fourth-order valence-corrected chi connectivity index (χ4v) is 2.93. The van der Waals surface area contributed by atoms with Gasteiger partial charge in [-0.15, -0.1) is 0 Å². The summed E-state index contributed by atoms with van der Waals surface area (Å²) < 4.78 is 0. The Balaban J connectivity index is 3.77. The van der Waals surface area contributed by atoms with Gasteiger partial charge in [0.05, 0.1) is 6.04 Å². The summed E-state index contributed by atoms with van der Waals surface area (Å²) in [4.78, 5) is 27.4. The van der Waals surface area contributed by atoms with E-state index in [0.29, 0.717) is 19.4 Å². The van der Waals surface area contributed by atoms with Crippen molar-refractivity contribution in [2.24, 2.45) is 22.2 Å². The maximum atomic E-state index is 11.8. The number of nitrogens with zero attached hydrogens (tertiary/aromatic N) is 1. The summed E-state index contributed by atoms with van der Waals surface area (Å²) in [5, 5.41) is 2.25. The van der Waals surface area contributed by atoms with Crippen molar-refractivity contribution < 1.29 is 9.59 Å². The Kier molecular flexibility index (Phi) is 19.2. The van der Waals surface area contributed by atoms with Crippen molar-refractivity contribution in [3.05, 3.63) is 36.5 Å². The van der Waals surface area contributed by atoms with Gasteiger partial charge in [0.25, 0.3) is 5.91 Å². The molecule has 7 nitrogen and oxygen atoms in total. The number of hydrogen-bond donors (Lipinski definition) is 4. The summed E-state index contributed by atoms with van der Waals surface area (Å²) in [5.41, 5.74) is 16.2. The maximum Gasteiger partial charge on any atom is 0.250 e. The molecule has 0 bridgehead atoms. The number of amides is 2. The first-order chi connectivity index (χ1) is 15.0. The molecule has 0 radical (unpaired) electrons. The van der Waals surface area contributed by atoms with Gasteiger partial charge >= 0.3 is 0 Å². The molecular weight excluding hydrogens is 390 g/mol. The minimum absolute atomic E-state index is 0.00438. The number of rotatable bonds is 18. The zero-order valence-corrected chi connectivity index (χ0v) is 19.2. The number of hydrogen-bond acceptors (Lipinski definition) is 4. The van der Waals surface area contributed by atoms with E-state index in [-0.39, 0.29) is 5.96 Å². The molecule has 0 unspecified atom stereocenters. The molecule has 0 aliphatic rings. The molecule has 2 amide bonds. The quantitative estimate of drug-likeness (QED) is 0.0860. The van der Waals surface area contributed by atoms with Gasteiger partial charge < -0.3 is 17.2 Å². The molecule has 0 aromatic heterocycles. The first-order valence-electron chi connectivity index (χ1n) is 11.6. The summed E-state index contributed by atoms with van der Waals surface area (Å²) >= 11 is 0. The molecule has 31 heavy (non-hydrogen) atoms. The summed E-state index contributed by atoms with van der Waals surface area (Å²) in [6.07, 6.45) is 24.6. The van der Waals surface area contributed by atoms with Crippen LogP contribution in [0, 0.1) is 0 Å². The van der Waals surface area contributed by atoms with E-state index in [2.05, 4.69) is 23.3 Å². The van der Waals surface area contributed by atoms with Crippen molar-refractivity contribution in [2.45, 2.75) is 90.0 Å². The molecule has 0 aliphatic heterocycles. The van der Waals surface area contributed by atoms with E-state index in [4.69, 9.17) is 17.2 Å². The Morgan fingerprint density at radius 3 is 2.13 bits per heavy atom. The first kappa shape index (κ1) is 28.6. The molecule has 1 atom stereocenters. The molecule has 0 heterocycles. The topological polar surface area (TPSA) is 137 Å². The van der Waals surface area contributed by atoms with Crippen LogP contribution in [0.25, 0.3) is 0 Å². The van der Waals surface area contributed by atoms with Crippen LogP contribution in [0.3, 0.4) is 0 Å². The lowest BCUT2D eigenvalue weighted by Gasteiger charge is -2.09. The van der Waals surface area contributed by atoms with E-state index in [1.807, 2.05) is 12.2 Å². The lowest BCUT2D eigenvalue weighted by molar-refractivity contribution is -0.129. The summed E-state index contributed by atoms with van der Waals surface area (Å²) in [7, 11) is 0. The number of aliphatic imine (C=N–C) groups is 1. The van der Waals surface area contributed by atoms with Crippen molar-refractivity contribution in [3.63, 3.8) is 0 Å². The van der Waals surface area contributed by atoms with Gasteiger partial charge in [-0.3, -0.25) is 19.9 Å². The third-order valence-electron chi connectivity index (χ3n) is 4.74. The van der Waals surface area contributed by atoms with Crippen molar-refractivity contribution in [2.75, 3.05) is 6.54 Å². The Morgan fingerprint density at radius 1 is 0.871 bits per heavy atom. The molecule has 0 fully saturated rings. The predicted octanol–water partition coefficient (Wildman–Crippen LogP) is 3.60. The average Bonchev–Trinajstić information content (AvgIpc) is 2.73. The third kappa shape index (κ3) is 20.6.